The van der Waals surface area contributed by atoms with E-state index in [-0.39, 0.29) is 19.4 Å². The number of carbonyl (C=O) groups is 2. The SMILES string of the molecule is CCCCCCCCCCCCCCCC(=O)OC[C@H](COP(=O)([O-])OC[C@@H](O)CO)OC(=O)CCCCCCCCCCC. The van der Waals surface area contributed by atoms with Gasteiger partial charge in [0.25, 0.3) is 7.82 Å². The molecule has 0 fully saturated rings. The van der Waals surface area contributed by atoms with Gasteiger partial charge in [-0.15, -0.1) is 0 Å². The molecule has 0 aliphatic carbocycles. The van der Waals surface area contributed by atoms with Crippen LogP contribution in [0, 0.1) is 0 Å². The minimum atomic E-state index is -4.85. The highest BCUT2D eigenvalue weighted by atomic mass is 31.2. The van der Waals surface area contributed by atoms with Gasteiger partial charge in [0.15, 0.2) is 6.10 Å². The first-order valence-electron chi connectivity index (χ1n) is 18.0. The Hall–Kier alpha value is -1.03. The van der Waals surface area contributed by atoms with E-state index in [0.717, 1.165) is 38.5 Å². The van der Waals surface area contributed by atoms with Crippen LogP contribution in [0.2, 0.25) is 0 Å². The molecule has 0 aromatic heterocycles. The molecule has 0 bridgehead atoms. The Kier molecular flexibility index (Phi) is 30.8. The fraction of sp³-hybridized carbons (Fsp3) is 0.941. The van der Waals surface area contributed by atoms with Crippen molar-refractivity contribution >= 4 is 19.8 Å². The quantitative estimate of drug-likeness (QED) is 0.0397. The summed E-state index contributed by atoms with van der Waals surface area (Å²) >= 11 is 0. The van der Waals surface area contributed by atoms with Crippen LogP contribution in [-0.2, 0) is 32.7 Å². The van der Waals surface area contributed by atoms with E-state index in [9.17, 15) is 24.2 Å². The third kappa shape index (κ3) is 31.3. The van der Waals surface area contributed by atoms with E-state index in [0.29, 0.717) is 12.8 Å². The Morgan fingerprint density at radius 3 is 1.40 bits per heavy atom. The normalized spacial score (nSPS) is 14.2. The summed E-state index contributed by atoms with van der Waals surface area (Å²) in [6, 6.07) is 0. The summed E-state index contributed by atoms with van der Waals surface area (Å²) in [5.74, 6) is -0.956. The molecule has 0 radical (unpaired) electrons. The van der Waals surface area contributed by atoms with E-state index in [1.54, 1.807) is 0 Å². The second kappa shape index (κ2) is 31.6. The standard InChI is InChI=1S/C34H67O10P/c1-3-5-7-9-11-13-14-15-16-18-19-21-23-25-33(37)41-29-32(30-43-45(39,40)42-28-31(36)27-35)44-34(38)26-24-22-20-17-12-10-8-6-4-2/h31-32,35-36H,3-30H2,1-2H3,(H,39,40)/p-1/t31-,32+/m0/s1. The maximum absolute atomic E-state index is 12.4. The van der Waals surface area contributed by atoms with Crippen LogP contribution in [0.1, 0.15) is 168 Å². The number of esters is 2. The van der Waals surface area contributed by atoms with Crippen molar-refractivity contribution in [2.24, 2.45) is 0 Å². The highest BCUT2D eigenvalue weighted by molar-refractivity contribution is 7.45. The van der Waals surface area contributed by atoms with Gasteiger partial charge >= 0.3 is 11.9 Å². The lowest BCUT2D eigenvalue weighted by atomic mass is 10.0. The molecular formula is C34H66O10P-. The molecular weight excluding hydrogens is 599 g/mol. The molecule has 3 atom stereocenters. The summed E-state index contributed by atoms with van der Waals surface area (Å²) in [4.78, 5) is 36.8. The second-order valence-corrected chi connectivity index (χ2v) is 13.7. The Bertz CT molecular complexity index is 736. The van der Waals surface area contributed by atoms with Crippen LogP contribution in [0.3, 0.4) is 0 Å². The van der Waals surface area contributed by atoms with Crippen LogP contribution in [0.5, 0.6) is 0 Å². The molecule has 0 heterocycles. The number of carbonyl (C=O) groups excluding carboxylic acids is 2. The number of aliphatic hydroxyl groups excluding tert-OH is 2. The van der Waals surface area contributed by atoms with Crippen molar-refractivity contribution in [1.82, 2.24) is 0 Å². The summed E-state index contributed by atoms with van der Waals surface area (Å²) in [6.45, 7) is 2.16. The van der Waals surface area contributed by atoms with E-state index in [1.165, 1.54) is 89.9 Å². The summed E-state index contributed by atoms with van der Waals surface area (Å²) in [6.07, 6.45) is 23.5. The van der Waals surface area contributed by atoms with Crippen molar-refractivity contribution in [3.8, 4) is 0 Å². The number of ether oxygens (including phenoxy) is 2. The number of hydrogen-bond donors (Lipinski definition) is 2. The number of phosphoric ester groups is 1. The topological polar surface area (TPSA) is 152 Å². The van der Waals surface area contributed by atoms with Crippen molar-refractivity contribution in [2.45, 2.75) is 180 Å². The van der Waals surface area contributed by atoms with Crippen molar-refractivity contribution in [3.63, 3.8) is 0 Å². The van der Waals surface area contributed by atoms with Crippen LogP contribution in [-0.4, -0.2) is 60.8 Å². The van der Waals surface area contributed by atoms with Gasteiger partial charge < -0.3 is 33.6 Å². The first-order valence-corrected chi connectivity index (χ1v) is 19.4. The van der Waals surface area contributed by atoms with Gasteiger partial charge in [-0.3, -0.25) is 14.2 Å². The zero-order valence-corrected chi connectivity index (χ0v) is 29.5. The molecule has 45 heavy (non-hydrogen) atoms. The molecule has 0 rings (SSSR count). The Labute approximate surface area is 273 Å². The smallest absolute Gasteiger partial charge is 0.306 e. The van der Waals surface area contributed by atoms with Crippen molar-refractivity contribution in [1.29, 1.82) is 0 Å². The molecule has 2 N–H and O–H groups in total. The van der Waals surface area contributed by atoms with E-state index < -0.39 is 51.8 Å². The molecule has 268 valence electrons. The number of aliphatic hydroxyl groups is 2. The zero-order valence-electron chi connectivity index (χ0n) is 28.6. The molecule has 0 aromatic carbocycles. The molecule has 1 unspecified atom stereocenters. The minimum absolute atomic E-state index is 0.174. The van der Waals surface area contributed by atoms with Crippen LogP contribution >= 0.6 is 7.82 Å². The predicted octanol–water partition coefficient (Wildman–Crippen LogP) is 7.70. The summed E-state index contributed by atoms with van der Waals surface area (Å²) in [7, 11) is -4.85. The van der Waals surface area contributed by atoms with E-state index in [4.69, 9.17) is 19.1 Å². The largest absolute Gasteiger partial charge is 0.756 e. The Balaban J connectivity index is 4.35. The third-order valence-corrected chi connectivity index (χ3v) is 8.68. The summed E-state index contributed by atoms with van der Waals surface area (Å²) < 4.78 is 32.1. The van der Waals surface area contributed by atoms with Gasteiger partial charge in [-0.2, -0.15) is 0 Å². The van der Waals surface area contributed by atoms with Crippen LogP contribution in [0.15, 0.2) is 0 Å². The first-order chi connectivity index (χ1) is 21.7. The Morgan fingerprint density at radius 2 is 0.978 bits per heavy atom. The fourth-order valence-electron chi connectivity index (χ4n) is 4.93. The van der Waals surface area contributed by atoms with Crippen molar-refractivity contribution in [2.75, 3.05) is 26.4 Å². The molecule has 0 aliphatic heterocycles. The molecule has 0 amide bonds. The van der Waals surface area contributed by atoms with Crippen molar-refractivity contribution in [3.05, 3.63) is 0 Å². The van der Waals surface area contributed by atoms with E-state index in [1.807, 2.05) is 0 Å². The highest BCUT2D eigenvalue weighted by Crippen LogP contribution is 2.38. The molecule has 0 aromatic rings. The van der Waals surface area contributed by atoms with E-state index >= 15 is 0 Å². The van der Waals surface area contributed by atoms with Gasteiger partial charge in [0.2, 0.25) is 0 Å². The highest BCUT2D eigenvalue weighted by Gasteiger charge is 2.21. The van der Waals surface area contributed by atoms with Gasteiger partial charge in [0.1, 0.15) is 12.7 Å². The lowest BCUT2D eigenvalue weighted by Gasteiger charge is -2.26. The molecule has 0 aliphatic rings. The number of rotatable bonds is 34. The average Bonchev–Trinajstić information content (AvgIpc) is 3.02. The molecule has 0 saturated carbocycles. The summed E-state index contributed by atoms with van der Waals surface area (Å²) in [5.41, 5.74) is 0. The minimum Gasteiger partial charge on any atom is -0.756 e. The van der Waals surface area contributed by atoms with Gasteiger partial charge in [0, 0.05) is 12.8 Å². The predicted molar refractivity (Wildman–Crippen MR) is 176 cm³/mol. The van der Waals surface area contributed by atoms with Crippen molar-refractivity contribution < 1.29 is 47.8 Å². The van der Waals surface area contributed by atoms with Gasteiger partial charge in [0.05, 0.1) is 19.8 Å². The third-order valence-electron chi connectivity index (χ3n) is 7.75. The molecule has 10 nitrogen and oxygen atoms in total. The fourth-order valence-corrected chi connectivity index (χ4v) is 5.71. The molecule has 0 spiro atoms. The second-order valence-electron chi connectivity index (χ2n) is 12.2. The monoisotopic (exact) mass is 665 g/mol. The zero-order chi connectivity index (χ0) is 33.4. The lowest BCUT2D eigenvalue weighted by Crippen LogP contribution is -2.30. The molecule has 11 heteroatoms. The maximum Gasteiger partial charge on any atom is 0.306 e. The first kappa shape index (κ1) is 44.0. The van der Waals surface area contributed by atoms with Gasteiger partial charge in [-0.1, -0.05) is 142 Å². The average molecular weight is 666 g/mol. The van der Waals surface area contributed by atoms with Crippen LogP contribution < -0.4 is 4.89 Å². The van der Waals surface area contributed by atoms with Crippen LogP contribution in [0.25, 0.3) is 0 Å². The van der Waals surface area contributed by atoms with Crippen LogP contribution in [0.4, 0.5) is 0 Å². The number of hydrogen-bond acceptors (Lipinski definition) is 10. The molecule has 0 saturated heterocycles. The number of unbranched alkanes of at least 4 members (excludes halogenated alkanes) is 20. The van der Waals surface area contributed by atoms with Gasteiger partial charge in [-0.05, 0) is 12.8 Å². The van der Waals surface area contributed by atoms with Gasteiger partial charge in [-0.25, -0.2) is 0 Å². The Morgan fingerprint density at radius 1 is 0.600 bits per heavy atom. The lowest BCUT2D eigenvalue weighted by molar-refractivity contribution is -0.230. The number of phosphoric acid groups is 1. The summed E-state index contributed by atoms with van der Waals surface area (Å²) in [5, 5.41) is 18.2. The maximum atomic E-state index is 12.4. The van der Waals surface area contributed by atoms with E-state index in [2.05, 4.69) is 18.4 Å².